The molecule has 182 valence electrons. The fourth-order valence-electron chi connectivity index (χ4n) is 4.06. The summed E-state index contributed by atoms with van der Waals surface area (Å²) in [6, 6.07) is 11.5. The highest BCUT2D eigenvalue weighted by molar-refractivity contribution is 5.96. The van der Waals surface area contributed by atoms with E-state index in [9.17, 15) is 18.8 Å². The number of ether oxygens (including phenoxy) is 2. The molecule has 0 unspecified atom stereocenters. The summed E-state index contributed by atoms with van der Waals surface area (Å²) in [5.41, 5.74) is 1.65. The first-order valence-corrected chi connectivity index (χ1v) is 11.9. The number of amides is 1. The van der Waals surface area contributed by atoms with E-state index in [-0.39, 0.29) is 41.7 Å². The van der Waals surface area contributed by atoms with Crippen LogP contribution in [-0.2, 0) is 9.53 Å². The van der Waals surface area contributed by atoms with Gasteiger partial charge in [0, 0.05) is 24.6 Å². The van der Waals surface area contributed by atoms with E-state index in [2.05, 4.69) is 5.32 Å². The van der Waals surface area contributed by atoms with Gasteiger partial charge in [-0.1, -0.05) is 17.7 Å². The predicted octanol–water partition coefficient (Wildman–Crippen LogP) is 5.03. The highest BCUT2D eigenvalue weighted by Crippen LogP contribution is 2.29. The summed E-state index contributed by atoms with van der Waals surface area (Å²) in [6.07, 6.45) is 3.21. The molecule has 0 atom stereocenters. The molecule has 1 fully saturated rings. The summed E-state index contributed by atoms with van der Waals surface area (Å²) in [5.74, 6) is -1.02. The molecule has 1 aliphatic rings. The van der Waals surface area contributed by atoms with E-state index < -0.39 is 5.82 Å². The maximum Gasteiger partial charge on any atom is 0.308 e. The molecule has 1 amide bonds. The number of Topliss-reactive ketones (excluding diaryl/α,β-unsaturated/α-hetero) is 1. The summed E-state index contributed by atoms with van der Waals surface area (Å²) in [4.78, 5) is 36.4. The number of benzene rings is 2. The van der Waals surface area contributed by atoms with E-state index in [4.69, 9.17) is 9.47 Å². The second-order valence-corrected chi connectivity index (χ2v) is 8.63. The van der Waals surface area contributed by atoms with Crippen molar-refractivity contribution in [1.29, 1.82) is 0 Å². The largest absolute Gasteiger partial charge is 0.490 e. The molecule has 1 aliphatic carbocycles. The molecule has 0 aliphatic heterocycles. The molecule has 1 saturated carbocycles. The zero-order chi connectivity index (χ0) is 24.5. The number of carbonyl (C=O) groups excluding carboxylic acids is 3. The van der Waals surface area contributed by atoms with Crippen molar-refractivity contribution in [1.82, 2.24) is 5.32 Å². The first kappa shape index (κ1) is 25.4. The Morgan fingerprint density at radius 1 is 1.03 bits per heavy atom. The molecule has 2 aromatic carbocycles. The second kappa shape index (κ2) is 12.3. The number of aryl methyl sites for hydroxylation is 1. The molecule has 6 nitrogen and oxygen atoms in total. The van der Waals surface area contributed by atoms with Crippen molar-refractivity contribution in [3.63, 3.8) is 0 Å². The molecular formula is C27H32FNO5. The number of nitrogens with one attached hydrogen (secondary N) is 1. The fourth-order valence-corrected chi connectivity index (χ4v) is 4.06. The van der Waals surface area contributed by atoms with Crippen LogP contribution in [0.1, 0.15) is 71.7 Å². The number of rotatable bonds is 10. The maximum absolute atomic E-state index is 14.6. The minimum atomic E-state index is -0.619. The monoisotopic (exact) mass is 469 g/mol. The lowest BCUT2D eigenvalue weighted by molar-refractivity contribution is -0.149. The number of ketones is 1. The van der Waals surface area contributed by atoms with Gasteiger partial charge in [-0.2, -0.15) is 0 Å². The smallest absolute Gasteiger partial charge is 0.308 e. The molecule has 2 aromatic rings. The van der Waals surface area contributed by atoms with E-state index in [1.807, 2.05) is 19.1 Å². The lowest BCUT2D eigenvalue weighted by atomic mass is 9.87. The maximum atomic E-state index is 14.6. The number of carbonyl (C=O) groups is 3. The van der Waals surface area contributed by atoms with Crippen LogP contribution in [-0.4, -0.2) is 36.9 Å². The van der Waals surface area contributed by atoms with Gasteiger partial charge in [0.05, 0.1) is 24.2 Å². The van der Waals surface area contributed by atoms with Gasteiger partial charge in [0.25, 0.3) is 5.91 Å². The van der Waals surface area contributed by atoms with E-state index in [1.54, 1.807) is 25.1 Å². The summed E-state index contributed by atoms with van der Waals surface area (Å²) in [5, 5.41) is 2.78. The first-order chi connectivity index (χ1) is 16.4. The van der Waals surface area contributed by atoms with Crippen LogP contribution in [0.3, 0.4) is 0 Å². The molecule has 7 heteroatoms. The molecule has 0 saturated heterocycles. The SMILES string of the molecule is CCOC(=O)C1CCC(Oc2ccc(C(=O)CCCNC(=O)c3ccc(C)cc3)c(F)c2)CC1. The van der Waals surface area contributed by atoms with Crippen LogP contribution in [0.25, 0.3) is 0 Å². The van der Waals surface area contributed by atoms with E-state index in [0.717, 1.165) is 5.56 Å². The third-order valence-corrected chi connectivity index (χ3v) is 6.02. The van der Waals surface area contributed by atoms with Gasteiger partial charge in [-0.25, -0.2) is 4.39 Å². The number of halogens is 1. The number of esters is 1. The molecule has 1 N–H and O–H groups in total. The Labute approximate surface area is 199 Å². The van der Waals surface area contributed by atoms with Crippen LogP contribution in [0.15, 0.2) is 42.5 Å². The first-order valence-electron chi connectivity index (χ1n) is 11.9. The average Bonchev–Trinajstić information content (AvgIpc) is 2.82. The van der Waals surface area contributed by atoms with Gasteiger partial charge in [-0.3, -0.25) is 14.4 Å². The van der Waals surface area contributed by atoms with Crippen LogP contribution in [0.4, 0.5) is 4.39 Å². The topological polar surface area (TPSA) is 81.7 Å². The lowest BCUT2D eigenvalue weighted by Crippen LogP contribution is -2.29. The third-order valence-electron chi connectivity index (χ3n) is 6.02. The van der Waals surface area contributed by atoms with E-state index in [0.29, 0.717) is 56.6 Å². The molecule has 0 heterocycles. The van der Waals surface area contributed by atoms with Crippen molar-refractivity contribution in [2.24, 2.45) is 5.92 Å². The zero-order valence-electron chi connectivity index (χ0n) is 19.8. The Morgan fingerprint density at radius 3 is 2.38 bits per heavy atom. The summed E-state index contributed by atoms with van der Waals surface area (Å²) in [7, 11) is 0. The van der Waals surface area contributed by atoms with Crippen molar-refractivity contribution in [3.05, 3.63) is 65.0 Å². The van der Waals surface area contributed by atoms with Crippen molar-refractivity contribution in [2.75, 3.05) is 13.2 Å². The standard InChI is InChI=1S/C27H32FNO5/c1-3-33-27(32)20-10-12-21(13-11-20)34-22-14-15-23(24(28)17-22)25(30)5-4-16-29-26(31)19-8-6-18(2)7-9-19/h6-9,14-15,17,20-21H,3-5,10-13,16H2,1-2H3,(H,29,31). The van der Waals surface area contributed by atoms with Gasteiger partial charge in [-0.05, 0) is 70.2 Å². The van der Waals surface area contributed by atoms with Gasteiger partial charge in [0.2, 0.25) is 0 Å². The highest BCUT2D eigenvalue weighted by Gasteiger charge is 2.28. The van der Waals surface area contributed by atoms with E-state index in [1.165, 1.54) is 12.1 Å². The second-order valence-electron chi connectivity index (χ2n) is 8.63. The van der Waals surface area contributed by atoms with Gasteiger partial charge in [-0.15, -0.1) is 0 Å². The Hall–Kier alpha value is -3.22. The summed E-state index contributed by atoms with van der Waals surface area (Å²) >= 11 is 0. The highest BCUT2D eigenvalue weighted by atomic mass is 19.1. The van der Waals surface area contributed by atoms with E-state index >= 15 is 0 Å². The van der Waals surface area contributed by atoms with Gasteiger partial charge in [0.1, 0.15) is 11.6 Å². The minimum Gasteiger partial charge on any atom is -0.490 e. The molecule has 0 radical (unpaired) electrons. The van der Waals surface area contributed by atoms with Crippen LogP contribution in [0.2, 0.25) is 0 Å². The third kappa shape index (κ3) is 7.14. The minimum absolute atomic E-state index is 0.0169. The molecule has 0 bridgehead atoms. The number of hydrogen-bond donors (Lipinski definition) is 1. The normalized spacial score (nSPS) is 17.6. The summed E-state index contributed by atoms with van der Waals surface area (Å²) < 4.78 is 25.5. The summed E-state index contributed by atoms with van der Waals surface area (Å²) in [6.45, 7) is 4.45. The predicted molar refractivity (Wildman–Crippen MR) is 126 cm³/mol. The Kier molecular flexibility index (Phi) is 9.19. The quantitative estimate of drug-likeness (QED) is 0.300. The van der Waals surface area contributed by atoms with Crippen LogP contribution < -0.4 is 10.1 Å². The molecule has 3 rings (SSSR count). The zero-order valence-corrected chi connectivity index (χ0v) is 19.8. The number of hydrogen-bond acceptors (Lipinski definition) is 5. The van der Waals surface area contributed by atoms with Gasteiger partial charge >= 0.3 is 5.97 Å². The van der Waals surface area contributed by atoms with Gasteiger partial charge < -0.3 is 14.8 Å². The molecule has 0 spiro atoms. The molecule has 0 aromatic heterocycles. The Morgan fingerprint density at radius 2 is 1.74 bits per heavy atom. The Bertz CT molecular complexity index is 997. The lowest BCUT2D eigenvalue weighted by Gasteiger charge is -2.27. The van der Waals surface area contributed by atoms with Crippen molar-refractivity contribution in [3.8, 4) is 5.75 Å². The fraction of sp³-hybridized carbons (Fsp3) is 0.444. The van der Waals surface area contributed by atoms with Crippen LogP contribution >= 0.6 is 0 Å². The van der Waals surface area contributed by atoms with Gasteiger partial charge in [0.15, 0.2) is 5.78 Å². The molecule has 34 heavy (non-hydrogen) atoms. The molecular weight excluding hydrogens is 437 g/mol. The van der Waals surface area contributed by atoms with Crippen molar-refractivity contribution in [2.45, 2.75) is 58.5 Å². The van der Waals surface area contributed by atoms with Crippen LogP contribution in [0.5, 0.6) is 5.75 Å². The Balaban J connectivity index is 1.42. The van der Waals surface area contributed by atoms with Crippen LogP contribution in [0, 0.1) is 18.7 Å². The average molecular weight is 470 g/mol. The van der Waals surface area contributed by atoms with Crippen molar-refractivity contribution < 1.29 is 28.2 Å². The van der Waals surface area contributed by atoms with Crippen molar-refractivity contribution >= 4 is 17.7 Å².